The molecular weight excluding hydrogens is 286 g/mol. The first kappa shape index (κ1) is 12.5. The van der Waals surface area contributed by atoms with E-state index in [1.165, 1.54) is 0 Å². The predicted octanol–water partition coefficient (Wildman–Crippen LogP) is 4.35. The van der Waals surface area contributed by atoms with Crippen LogP contribution in [0.15, 0.2) is 42.6 Å². The number of para-hydroxylation sites is 1. The van der Waals surface area contributed by atoms with Gasteiger partial charge in [0.25, 0.3) is 0 Å². The molecule has 4 rings (SSSR count). The molecule has 0 aliphatic heterocycles. The van der Waals surface area contributed by atoms with E-state index in [1.807, 2.05) is 30.3 Å². The van der Waals surface area contributed by atoms with Crippen LogP contribution < -0.4 is 4.74 Å². The minimum absolute atomic E-state index is 0.413. The maximum atomic E-state index is 6.04. The van der Waals surface area contributed by atoms with E-state index in [9.17, 15) is 0 Å². The van der Waals surface area contributed by atoms with Crippen LogP contribution in [0.2, 0.25) is 5.15 Å². The molecule has 0 atom stereocenters. The molecule has 0 unspecified atom stereocenters. The molecule has 0 radical (unpaired) electrons. The topological polar surface area (TPSA) is 47.9 Å². The minimum atomic E-state index is 0.413. The molecule has 1 aromatic carbocycles. The smallest absolute Gasteiger partial charge is 0.224 e. The zero-order chi connectivity index (χ0) is 14.2. The fourth-order valence-corrected chi connectivity index (χ4v) is 2.40. The Kier molecular flexibility index (Phi) is 2.97. The van der Waals surface area contributed by atoms with E-state index in [0.717, 1.165) is 29.6 Å². The van der Waals surface area contributed by atoms with Gasteiger partial charge in [-0.3, -0.25) is 4.98 Å². The number of pyridine rings is 1. The van der Waals surface area contributed by atoms with Crippen molar-refractivity contribution < 1.29 is 4.74 Å². The zero-order valence-corrected chi connectivity index (χ0v) is 11.9. The minimum Gasteiger partial charge on any atom is -0.437 e. The lowest BCUT2D eigenvalue weighted by Crippen LogP contribution is -1.96. The van der Waals surface area contributed by atoms with E-state index in [2.05, 4.69) is 15.0 Å². The Morgan fingerprint density at radius 1 is 1.10 bits per heavy atom. The van der Waals surface area contributed by atoms with Crippen molar-refractivity contribution >= 4 is 22.5 Å². The quantitative estimate of drug-likeness (QED) is 0.674. The Bertz CT molecular complexity index is 817. The molecule has 3 aromatic rings. The van der Waals surface area contributed by atoms with Crippen molar-refractivity contribution in [3.8, 4) is 11.6 Å². The summed E-state index contributed by atoms with van der Waals surface area (Å²) in [7, 11) is 0. The van der Waals surface area contributed by atoms with Gasteiger partial charge in [-0.05, 0) is 25.0 Å². The summed E-state index contributed by atoms with van der Waals surface area (Å²) in [5.41, 5.74) is 0.934. The van der Waals surface area contributed by atoms with Crippen LogP contribution in [0.5, 0.6) is 11.6 Å². The van der Waals surface area contributed by atoms with Crippen LogP contribution in [-0.2, 0) is 0 Å². The monoisotopic (exact) mass is 297 g/mol. The van der Waals surface area contributed by atoms with Crippen molar-refractivity contribution in [2.75, 3.05) is 0 Å². The normalized spacial score (nSPS) is 14.3. The van der Waals surface area contributed by atoms with Gasteiger partial charge in [-0.15, -0.1) is 0 Å². The molecule has 1 saturated carbocycles. The molecule has 0 saturated heterocycles. The molecule has 1 aliphatic rings. The Morgan fingerprint density at radius 3 is 2.81 bits per heavy atom. The van der Waals surface area contributed by atoms with Crippen molar-refractivity contribution in [2.24, 2.45) is 0 Å². The van der Waals surface area contributed by atoms with Gasteiger partial charge in [-0.25, -0.2) is 4.98 Å². The highest BCUT2D eigenvalue weighted by Crippen LogP contribution is 2.39. The molecular formula is C16H12ClN3O. The van der Waals surface area contributed by atoms with Crippen LogP contribution in [0.4, 0.5) is 0 Å². The second kappa shape index (κ2) is 4.97. The van der Waals surface area contributed by atoms with E-state index in [0.29, 0.717) is 22.7 Å². The van der Waals surface area contributed by atoms with E-state index >= 15 is 0 Å². The van der Waals surface area contributed by atoms with E-state index in [-0.39, 0.29) is 0 Å². The lowest BCUT2D eigenvalue weighted by Gasteiger charge is -2.07. The fourth-order valence-electron chi connectivity index (χ4n) is 2.22. The van der Waals surface area contributed by atoms with Gasteiger partial charge in [0, 0.05) is 17.4 Å². The number of aromatic nitrogens is 3. The van der Waals surface area contributed by atoms with Crippen molar-refractivity contribution in [3.63, 3.8) is 0 Å². The largest absolute Gasteiger partial charge is 0.437 e. The van der Waals surface area contributed by atoms with E-state index < -0.39 is 0 Å². The van der Waals surface area contributed by atoms with Gasteiger partial charge in [0.2, 0.25) is 5.88 Å². The molecule has 0 spiro atoms. The fraction of sp³-hybridized carbons (Fsp3) is 0.188. The number of hydrogen-bond donors (Lipinski definition) is 0. The number of ether oxygens (including phenoxy) is 1. The van der Waals surface area contributed by atoms with Crippen LogP contribution in [-0.4, -0.2) is 15.0 Å². The van der Waals surface area contributed by atoms with Crippen LogP contribution in [0.3, 0.4) is 0 Å². The first-order valence-electron chi connectivity index (χ1n) is 6.85. The average molecular weight is 298 g/mol. The van der Waals surface area contributed by atoms with Crippen molar-refractivity contribution in [1.29, 1.82) is 0 Å². The third-order valence-corrected chi connectivity index (χ3v) is 3.61. The lowest BCUT2D eigenvalue weighted by molar-refractivity contribution is 0.457. The van der Waals surface area contributed by atoms with Crippen LogP contribution in [0, 0.1) is 0 Å². The maximum Gasteiger partial charge on any atom is 0.224 e. The second-order valence-electron chi connectivity index (χ2n) is 5.13. The molecule has 104 valence electrons. The number of nitrogens with zero attached hydrogens (tertiary/aromatic N) is 3. The first-order chi connectivity index (χ1) is 10.3. The van der Waals surface area contributed by atoms with Crippen LogP contribution in [0.25, 0.3) is 10.9 Å². The zero-order valence-electron chi connectivity index (χ0n) is 11.2. The number of rotatable bonds is 3. The Balaban J connectivity index is 1.67. The molecule has 4 nitrogen and oxygen atoms in total. The molecule has 1 aliphatic carbocycles. The average Bonchev–Trinajstić information content (AvgIpc) is 3.31. The third-order valence-electron chi connectivity index (χ3n) is 3.42. The standard InChI is InChI=1S/C16H12ClN3O/c17-14-8-15(20-16(19-14)10-5-6-10)21-12-7-11-3-1-2-4-13(11)18-9-12/h1-4,7-10H,5-6H2. The molecule has 2 aromatic heterocycles. The molecule has 21 heavy (non-hydrogen) atoms. The highest BCUT2D eigenvalue weighted by molar-refractivity contribution is 6.29. The van der Waals surface area contributed by atoms with Crippen LogP contribution >= 0.6 is 11.6 Å². The summed E-state index contributed by atoms with van der Waals surface area (Å²) in [5.74, 6) is 2.31. The number of fused-ring (bicyclic) bond motifs is 1. The summed E-state index contributed by atoms with van der Waals surface area (Å²) in [6.45, 7) is 0. The molecule has 2 heterocycles. The Labute approximate surface area is 126 Å². The highest BCUT2D eigenvalue weighted by atomic mass is 35.5. The summed E-state index contributed by atoms with van der Waals surface area (Å²) in [6, 6.07) is 11.5. The van der Waals surface area contributed by atoms with Gasteiger partial charge in [0.15, 0.2) is 0 Å². The summed E-state index contributed by atoms with van der Waals surface area (Å²) >= 11 is 6.04. The van der Waals surface area contributed by atoms with E-state index in [4.69, 9.17) is 16.3 Å². The molecule has 0 N–H and O–H groups in total. The number of halogens is 1. The van der Waals surface area contributed by atoms with Gasteiger partial charge >= 0.3 is 0 Å². The van der Waals surface area contributed by atoms with Crippen molar-refractivity contribution in [1.82, 2.24) is 15.0 Å². The van der Waals surface area contributed by atoms with Gasteiger partial charge in [0.05, 0.1) is 11.7 Å². The Morgan fingerprint density at radius 2 is 1.95 bits per heavy atom. The lowest BCUT2D eigenvalue weighted by atomic mass is 10.2. The molecule has 1 fully saturated rings. The second-order valence-corrected chi connectivity index (χ2v) is 5.51. The van der Waals surface area contributed by atoms with Gasteiger partial charge in [-0.1, -0.05) is 29.8 Å². The van der Waals surface area contributed by atoms with Crippen molar-refractivity contribution in [3.05, 3.63) is 53.6 Å². The summed E-state index contributed by atoms with van der Waals surface area (Å²) in [5, 5.41) is 1.44. The molecule has 5 heteroatoms. The van der Waals surface area contributed by atoms with Crippen LogP contribution in [0.1, 0.15) is 24.6 Å². The summed E-state index contributed by atoms with van der Waals surface area (Å²) in [6.07, 6.45) is 3.93. The predicted molar refractivity (Wildman–Crippen MR) is 80.8 cm³/mol. The highest BCUT2D eigenvalue weighted by Gasteiger charge is 2.27. The molecule has 0 amide bonds. The maximum absolute atomic E-state index is 6.04. The van der Waals surface area contributed by atoms with Gasteiger partial charge < -0.3 is 4.74 Å². The molecule has 0 bridgehead atoms. The Hall–Kier alpha value is -2.20. The van der Waals surface area contributed by atoms with Gasteiger partial charge in [0.1, 0.15) is 16.7 Å². The van der Waals surface area contributed by atoms with Crippen molar-refractivity contribution in [2.45, 2.75) is 18.8 Å². The van der Waals surface area contributed by atoms with E-state index in [1.54, 1.807) is 12.3 Å². The first-order valence-corrected chi connectivity index (χ1v) is 7.23. The number of hydrogen-bond acceptors (Lipinski definition) is 4. The number of benzene rings is 1. The summed E-state index contributed by atoms with van der Waals surface area (Å²) in [4.78, 5) is 13.0. The third kappa shape index (κ3) is 2.67. The SMILES string of the molecule is Clc1cc(Oc2cnc3ccccc3c2)nc(C2CC2)n1. The van der Waals surface area contributed by atoms with Gasteiger partial charge in [-0.2, -0.15) is 4.98 Å². The summed E-state index contributed by atoms with van der Waals surface area (Å²) < 4.78 is 5.79.